The summed E-state index contributed by atoms with van der Waals surface area (Å²) < 4.78 is 62.0. The van der Waals surface area contributed by atoms with E-state index in [1.165, 1.54) is 6.92 Å². The van der Waals surface area contributed by atoms with Crippen LogP contribution < -0.4 is 0 Å². The highest BCUT2D eigenvalue weighted by atomic mass is 35.5. The van der Waals surface area contributed by atoms with Crippen molar-refractivity contribution in [2.45, 2.75) is 31.2 Å². The minimum absolute atomic E-state index is 0.0540. The van der Waals surface area contributed by atoms with E-state index in [1.807, 2.05) is 0 Å². The predicted molar refractivity (Wildman–Crippen MR) is 59.5 cm³/mol. The van der Waals surface area contributed by atoms with Crippen molar-refractivity contribution < 1.29 is 21.6 Å². The molecule has 0 aromatic rings. The molecule has 3 nitrogen and oxygen atoms in total. The number of nitrogens with zero attached hydrogens (tertiary/aromatic N) is 1. The summed E-state index contributed by atoms with van der Waals surface area (Å²) in [6, 6.07) is 0. The van der Waals surface area contributed by atoms with Crippen LogP contribution in [-0.2, 0) is 10.0 Å². The van der Waals surface area contributed by atoms with Gasteiger partial charge in [0.05, 0.1) is 11.2 Å². The lowest BCUT2D eigenvalue weighted by Crippen LogP contribution is -2.45. The molecule has 1 aliphatic rings. The summed E-state index contributed by atoms with van der Waals surface area (Å²) >= 11 is 5.47. The molecule has 1 heterocycles. The zero-order valence-corrected chi connectivity index (χ0v) is 10.9. The van der Waals surface area contributed by atoms with E-state index >= 15 is 0 Å². The van der Waals surface area contributed by atoms with Crippen LogP contribution >= 0.6 is 11.6 Å². The first kappa shape index (κ1) is 15.0. The number of piperidine rings is 1. The van der Waals surface area contributed by atoms with Crippen molar-refractivity contribution in [2.24, 2.45) is 5.92 Å². The Morgan fingerprint density at radius 1 is 1.35 bits per heavy atom. The van der Waals surface area contributed by atoms with Gasteiger partial charge in [0.15, 0.2) is 0 Å². The van der Waals surface area contributed by atoms with Gasteiger partial charge in [-0.2, -0.15) is 13.2 Å². The minimum atomic E-state index is -4.23. The lowest BCUT2D eigenvalue weighted by Gasteiger charge is -2.33. The van der Waals surface area contributed by atoms with E-state index in [1.54, 1.807) is 0 Å². The molecule has 0 spiro atoms. The number of rotatable bonds is 3. The van der Waals surface area contributed by atoms with Gasteiger partial charge < -0.3 is 0 Å². The number of sulfonamides is 1. The molecule has 1 fully saturated rings. The monoisotopic (exact) mass is 293 g/mol. The van der Waals surface area contributed by atoms with Gasteiger partial charge in [0.1, 0.15) is 0 Å². The summed E-state index contributed by atoms with van der Waals surface area (Å²) in [7, 11) is -3.55. The smallest absolute Gasteiger partial charge is 0.212 e. The molecule has 0 saturated carbocycles. The SMILES string of the molecule is CC(CCl)S(=O)(=O)N1CCC(C(F)(F)F)CC1. The maximum Gasteiger partial charge on any atom is 0.391 e. The Hall–Kier alpha value is -0.0100. The molecule has 0 radical (unpaired) electrons. The molecule has 0 bridgehead atoms. The van der Waals surface area contributed by atoms with E-state index in [-0.39, 0.29) is 31.8 Å². The summed E-state index contributed by atoms with van der Waals surface area (Å²) in [6.07, 6.45) is -4.57. The fourth-order valence-corrected chi connectivity index (χ4v) is 3.64. The Kier molecular flexibility index (Phi) is 4.71. The molecule has 17 heavy (non-hydrogen) atoms. The predicted octanol–water partition coefficient (Wildman–Crippen LogP) is 2.22. The molecule has 1 unspecified atom stereocenters. The Morgan fingerprint density at radius 2 is 1.82 bits per heavy atom. The van der Waals surface area contributed by atoms with Gasteiger partial charge in [0.25, 0.3) is 0 Å². The van der Waals surface area contributed by atoms with Gasteiger partial charge in [-0.15, -0.1) is 11.6 Å². The fourth-order valence-electron chi connectivity index (χ4n) is 1.77. The van der Waals surface area contributed by atoms with Crippen LogP contribution in [0.5, 0.6) is 0 Å². The quantitative estimate of drug-likeness (QED) is 0.748. The van der Waals surface area contributed by atoms with E-state index < -0.39 is 27.4 Å². The molecule has 1 atom stereocenters. The van der Waals surface area contributed by atoms with Crippen molar-refractivity contribution in [1.82, 2.24) is 4.31 Å². The molecule has 1 saturated heterocycles. The number of alkyl halides is 4. The molecule has 1 aliphatic heterocycles. The molecule has 0 amide bonds. The van der Waals surface area contributed by atoms with E-state index in [0.29, 0.717) is 0 Å². The zero-order chi connectivity index (χ0) is 13.3. The van der Waals surface area contributed by atoms with E-state index in [0.717, 1.165) is 4.31 Å². The zero-order valence-electron chi connectivity index (χ0n) is 9.37. The van der Waals surface area contributed by atoms with E-state index in [2.05, 4.69) is 0 Å². The maximum atomic E-state index is 12.4. The van der Waals surface area contributed by atoms with Crippen molar-refractivity contribution in [1.29, 1.82) is 0 Å². The highest BCUT2D eigenvalue weighted by Gasteiger charge is 2.43. The number of hydrogen-bond acceptors (Lipinski definition) is 2. The van der Waals surface area contributed by atoms with Gasteiger partial charge in [-0.05, 0) is 19.8 Å². The fraction of sp³-hybridized carbons (Fsp3) is 1.00. The lowest BCUT2D eigenvalue weighted by atomic mass is 9.98. The molecule has 0 N–H and O–H groups in total. The molecular formula is C9H15ClF3NO2S. The van der Waals surface area contributed by atoms with Gasteiger partial charge >= 0.3 is 6.18 Å². The van der Waals surface area contributed by atoms with Crippen molar-refractivity contribution in [2.75, 3.05) is 19.0 Å². The standard InChI is InChI=1S/C9H15ClF3NO2S/c1-7(6-10)17(15,16)14-4-2-8(3-5-14)9(11,12)13/h7-8H,2-6H2,1H3. The Labute approximate surface area is 104 Å². The average Bonchev–Trinajstić information content (AvgIpc) is 2.27. The van der Waals surface area contributed by atoms with Gasteiger partial charge in [0, 0.05) is 19.0 Å². The second-order valence-corrected chi connectivity index (χ2v) is 6.88. The van der Waals surface area contributed by atoms with Gasteiger partial charge in [-0.3, -0.25) is 0 Å². The second kappa shape index (κ2) is 5.32. The molecule has 1 rings (SSSR count). The first-order valence-electron chi connectivity index (χ1n) is 5.31. The van der Waals surface area contributed by atoms with Gasteiger partial charge in [0.2, 0.25) is 10.0 Å². The highest BCUT2D eigenvalue weighted by molar-refractivity contribution is 7.89. The molecule has 102 valence electrons. The van der Waals surface area contributed by atoms with Crippen molar-refractivity contribution >= 4 is 21.6 Å². The largest absolute Gasteiger partial charge is 0.391 e. The van der Waals surface area contributed by atoms with Crippen LogP contribution in [0.1, 0.15) is 19.8 Å². The van der Waals surface area contributed by atoms with Gasteiger partial charge in [-0.25, -0.2) is 12.7 Å². The first-order chi connectivity index (χ1) is 7.69. The highest BCUT2D eigenvalue weighted by Crippen LogP contribution is 2.35. The van der Waals surface area contributed by atoms with Crippen LogP contribution in [-0.4, -0.2) is 43.1 Å². The summed E-state index contributed by atoms with van der Waals surface area (Å²) in [5, 5.41) is -0.758. The first-order valence-corrected chi connectivity index (χ1v) is 7.35. The molecule has 8 heteroatoms. The lowest BCUT2D eigenvalue weighted by molar-refractivity contribution is -0.182. The van der Waals surface area contributed by atoms with Crippen LogP contribution in [0.15, 0.2) is 0 Å². The second-order valence-electron chi connectivity index (χ2n) is 4.22. The summed E-state index contributed by atoms with van der Waals surface area (Å²) in [4.78, 5) is 0. The normalized spacial score (nSPS) is 22.6. The topological polar surface area (TPSA) is 37.4 Å². The van der Waals surface area contributed by atoms with E-state index in [4.69, 9.17) is 11.6 Å². The summed E-state index contributed by atoms with van der Waals surface area (Å²) in [5.74, 6) is -1.44. The molecule has 0 aromatic heterocycles. The van der Waals surface area contributed by atoms with Crippen LogP contribution in [0.3, 0.4) is 0 Å². The molecule has 0 aliphatic carbocycles. The third kappa shape index (κ3) is 3.48. The average molecular weight is 294 g/mol. The summed E-state index contributed by atoms with van der Waals surface area (Å²) in [5.41, 5.74) is 0. The van der Waals surface area contributed by atoms with Gasteiger partial charge in [-0.1, -0.05) is 0 Å². The van der Waals surface area contributed by atoms with Crippen molar-refractivity contribution in [3.63, 3.8) is 0 Å². The minimum Gasteiger partial charge on any atom is -0.212 e. The third-order valence-electron chi connectivity index (χ3n) is 3.00. The van der Waals surface area contributed by atoms with Crippen molar-refractivity contribution in [3.8, 4) is 0 Å². The number of hydrogen-bond donors (Lipinski definition) is 0. The number of halogens is 4. The Morgan fingerprint density at radius 3 is 2.18 bits per heavy atom. The molecular weight excluding hydrogens is 279 g/mol. The Bertz CT molecular complexity index is 350. The van der Waals surface area contributed by atoms with Crippen LogP contribution in [0.25, 0.3) is 0 Å². The maximum absolute atomic E-state index is 12.4. The van der Waals surface area contributed by atoms with Crippen molar-refractivity contribution in [3.05, 3.63) is 0 Å². The van der Waals surface area contributed by atoms with E-state index in [9.17, 15) is 21.6 Å². The summed E-state index contributed by atoms with van der Waals surface area (Å²) in [6.45, 7) is 1.31. The molecule has 0 aromatic carbocycles. The van der Waals surface area contributed by atoms with Crippen LogP contribution in [0.2, 0.25) is 0 Å². The Balaban J connectivity index is 2.64. The van der Waals surface area contributed by atoms with Crippen LogP contribution in [0.4, 0.5) is 13.2 Å². The third-order valence-corrected chi connectivity index (χ3v) is 5.92. The van der Waals surface area contributed by atoms with Crippen LogP contribution in [0, 0.1) is 5.92 Å².